The first-order valence-corrected chi connectivity index (χ1v) is 7.34. The molecular weight excluding hydrogens is 242 g/mol. The fourth-order valence-electron chi connectivity index (χ4n) is 1.40. The second-order valence-electron chi connectivity index (χ2n) is 4.19. The molecule has 0 fully saturated rings. The summed E-state index contributed by atoms with van der Waals surface area (Å²) in [7, 11) is 0. The molecule has 0 radical (unpaired) electrons. The van der Waals surface area contributed by atoms with Crippen molar-refractivity contribution in [1.29, 1.82) is 0 Å². The number of hydrogen-bond donors (Lipinski definition) is 1. The zero-order valence-corrected chi connectivity index (χ0v) is 11.9. The van der Waals surface area contributed by atoms with Crippen LogP contribution in [-0.2, 0) is 0 Å². The maximum Gasteiger partial charge on any atom is 0.279 e. The van der Waals surface area contributed by atoms with Crippen LogP contribution in [0.5, 0.6) is 0 Å². The predicted octanol–water partition coefficient (Wildman–Crippen LogP) is 4.25. The van der Waals surface area contributed by atoms with Gasteiger partial charge in [-0.25, -0.2) is 0 Å². The SMILES string of the molecule is CCCCNC(=O)SC/C=C/c1ccc(C)cc1. The van der Waals surface area contributed by atoms with Gasteiger partial charge < -0.3 is 5.32 Å². The van der Waals surface area contributed by atoms with E-state index in [2.05, 4.69) is 43.4 Å². The van der Waals surface area contributed by atoms with E-state index in [0.29, 0.717) is 5.75 Å². The molecular formula is C15H21NOS. The third kappa shape index (κ3) is 6.50. The number of aryl methyl sites for hydroxylation is 1. The van der Waals surface area contributed by atoms with Gasteiger partial charge >= 0.3 is 0 Å². The molecule has 98 valence electrons. The number of thioether (sulfide) groups is 1. The summed E-state index contributed by atoms with van der Waals surface area (Å²) in [4.78, 5) is 11.4. The highest BCUT2D eigenvalue weighted by molar-refractivity contribution is 8.13. The van der Waals surface area contributed by atoms with Crippen LogP contribution in [0.25, 0.3) is 6.08 Å². The predicted molar refractivity (Wildman–Crippen MR) is 81.0 cm³/mol. The summed E-state index contributed by atoms with van der Waals surface area (Å²) in [6.45, 7) is 4.97. The van der Waals surface area contributed by atoms with Gasteiger partial charge in [-0.3, -0.25) is 4.79 Å². The van der Waals surface area contributed by atoms with Crippen LogP contribution in [0.1, 0.15) is 30.9 Å². The summed E-state index contributed by atoms with van der Waals surface area (Å²) in [6.07, 6.45) is 6.23. The molecule has 0 aliphatic carbocycles. The van der Waals surface area contributed by atoms with E-state index in [1.54, 1.807) is 0 Å². The highest BCUT2D eigenvalue weighted by Crippen LogP contribution is 2.07. The van der Waals surface area contributed by atoms with Crippen molar-refractivity contribution in [2.45, 2.75) is 26.7 Å². The molecule has 0 aromatic heterocycles. The van der Waals surface area contributed by atoms with Gasteiger partial charge in [0, 0.05) is 12.3 Å². The minimum atomic E-state index is 0.0667. The Morgan fingerprint density at radius 2 is 2.06 bits per heavy atom. The Bertz CT molecular complexity index is 384. The van der Waals surface area contributed by atoms with Crippen LogP contribution in [0.4, 0.5) is 4.79 Å². The van der Waals surface area contributed by atoms with Gasteiger partial charge in [-0.2, -0.15) is 0 Å². The summed E-state index contributed by atoms with van der Waals surface area (Å²) in [5.74, 6) is 0.714. The summed E-state index contributed by atoms with van der Waals surface area (Å²) < 4.78 is 0. The molecule has 0 unspecified atom stereocenters. The lowest BCUT2D eigenvalue weighted by Gasteiger charge is -2.01. The first kappa shape index (κ1) is 14.8. The number of benzene rings is 1. The lowest BCUT2D eigenvalue weighted by Crippen LogP contribution is -2.19. The highest BCUT2D eigenvalue weighted by Gasteiger charge is 1.98. The van der Waals surface area contributed by atoms with Crippen LogP contribution in [0.3, 0.4) is 0 Å². The Morgan fingerprint density at radius 3 is 2.72 bits per heavy atom. The van der Waals surface area contributed by atoms with Gasteiger partial charge in [0.15, 0.2) is 0 Å². The summed E-state index contributed by atoms with van der Waals surface area (Å²) >= 11 is 1.31. The number of nitrogens with one attached hydrogen (secondary N) is 1. The van der Waals surface area contributed by atoms with Crippen LogP contribution in [0.2, 0.25) is 0 Å². The van der Waals surface area contributed by atoms with Gasteiger partial charge in [0.2, 0.25) is 0 Å². The normalized spacial score (nSPS) is 10.8. The molecule has 0 aliphatic heterocycles. The second-order valence-corrected chi connectivity index (χ2v) is 5.18. The Morgan fingerprint density at radius 1 is 1.33 bits per heavy atom. The largest absolute Gasteiger partial charge is 0.347 e. The van der Waals surface area contributed by atoms with Crippen LogP contribution >= 0.6 is 11.8 Å². The third-order valence-electron chi connectivity index (χ3n) is 2.50. The van der Waals surface area contributed by atoms with Crippen molar-refractivity contribution in [1.82, 2.24) is 5.32 Å². The van der Waals surface area contributed by atoms with Crippen molar-refractivity contribution in [2.24, 2.45) is 0 Å². The van der Waals surface area contributed by atoms with Gasteiger partial charge in [-0.05, 0) is 18.9 Å². The van der Waals surface area contributed by atoms with E-state index in [4.69, 9.17) is 0 Å². The van der Waals surface area contributed by atoms with Crippen molar-refractivity contribution in [2.75, 3.05) is 12.3 Å². The quantitative estimate of drug-likeness (QED) is 0.777. The number of amides is 1. The first-order valence-electron chi connectivity index (χ1n) is 6.36. The molecule has 1 aromatic rings. The smallest absolute Gasteiger partial charge is 0.279 e. The zero-order chi connectivity index (χ0) is 13.2. The Hall–Kier alpha value is -1.22. The van der Waals surface area contributed by atoms with E-state index in [-0.39, 0.29) is 5.24 Å². The van der Waals surface area contributed by atoms with Crippen LogP contribution < -0.4 is 5.32 Å². The van der Waals surface area contributed by atoms with Gasteiger partial charge in [-0.15, -0.1) is 0 Å². The molecule has 0 saturated heterocycles. The summed E-state index contributed by atoms with van der Waals surface area (Å²) in [5.41, 5.74) is 2.43. The number of rotatable bonds is 6. The van der Waals surface area contributed by atoms with Gasteiger partial charge in [0.25, 0.3) is 5.24 Å². The molecule has 2 nitrogen and oxygen atoms in total. The maximum absolute atomic E-state index is 11.4. The first-order chi connectivity index (χ1) is 8.72. The van der Waals surface area contributed by atoms with E-state index in [1.165, 1.54) is 22.9 Å². The molecule has 0 heterocycles. The van der Waals surface area contributed by atoms with Crippen LogP contribution in [-0.4, -0.2) is 17.5 Å². The molecule has 1 aromatic carbocycles. The monoisotopic (exact) mass is 263 g/mol. The molecule has 1 amide bonds. The molecule has 0 atom stereocenters. The van der Waals surface area contributed by atoms with Gasteiger partial charge in [-0.1, -0.05) is 67.1 Å². The number of carbonyl (C=O) groups is 1. The van der Waals surface area contributed by atoms with Gasteiger partial charge in [0.1, 0.15) is 0 Å². The summed E-state index contributed by atoms with van der Waals surface area (Å²) in [5, 5.41) is 2.95. The maximum atomic E-state index is 11.4. The molecule has 0 aliphatic rings. The van der Waals surface area contributed by atoms with Crippen LogP contribution in [0, 0.1) is 6.92 Å². The van der Waals surface area contributed by atoms with Crippen molar-refractivity contribution in [3.8, 4) is 0 Å². The zero-order valence-electron chi connectivity index (χ0n) is 11.1. The molecule has 0 spiro atoms. The Kier molecular flexibility index (Phi) is 7.26. The molecule has 3 heteroatoms. The van der Waals surface area contributed by atoms with Crippen molar-refractivity contribution >= 4 is 23.1 Å². The number of unbranched alkanes of at least 4 members (excludes halogenated alkanes) is 1. The van der Waals surface area contributed by atoms with E-state index in [0.717, 1.165) is 19.4 Å². The second kappa shape index (κ2) is 8.81. The minimum Gasteiger partial charge on any atom is -0.347 e. The number of carbonyl (C=O) groups excluding carboxylic acids is 1. The average molecular weight is 263 g/mol. The molecule has 0 bridgehead atoms. The van der Waals surface area contributed by atoms with E-state index in [9.17, 15) is 4.79 Å². The molecule has 1 rings (SSSR count). The fraction of sp³-hybridized carbons (Fsp3) is 0.400. The molecule has 18 heavy (non-hydrogen) atoms. The Balaban J connectivity index is 2.20. The van der Waals surface area contributed by atoms with Gasteiger partial charge in [0.05, 0.1) is 0 Å². The standard InChI is InChI=1S/C15H21NOS/c1-3-4-11-16-15(17)18-12-5-6-14-9-7-13(2)8-10-14/h5-10H,3-4,11-12H2,1-2H3,(H,16,17)/b6-5+. The van der Waals surface area contributed by atoms with Crippen molar-refractivity contribution in [3.05, 3.63) is 41.5 Å². The third-order valence-corrected chi connectivity index (χ3v) is 3.26. The Labute approximate surface area is 114 Å². The van der Waals surface area contributed by atoms with Crippen molar-refractivity contribution < 1.29 is 4.79 Å². The topological polar surface area (TPSA) is 29.1 Å². The minimum absolute atomic E-state index is 0.0667. The van der Waals surface area contributed by atoms with Crippen LogP contribution in [0.15, 0.2) is 30.3 Å². The molecule has 0 saturated carbocycles. The summed E-state index contributed by atoms with van der Waals surface area (Å²) in [6, 6.07) is 8.34. The lowest BCUT2D eigenvalue weighted by molar-refractivity contribution is 0.260. The average Bonchev–Trinajstić information content (AvgIpc) is 2.37. The van der Waals surface area contributed by atoms with Crippen molar-refractivity contribution in [3.63, 3.8) is 0 Å². The lowest BCUT2D eigenvalue weighted by atomic mass is 10.1. The van der Waals surface area contributed by atoms with E-state index >= 15 is 0 Å². The van der Waals surface area contributed by atoms with E-state index in [1.807, 2.05) is 12.2 Å². The molecule has 1 N–H and O–H groups in total. The van der Waals surface area contributed by atoms with E-state index < -0.39 is 0 Å². The number of hydrogen-bond acceptors (Lipinski definition) is 2. The highest BCUT2D eigenvalue weighted by atomic mass is 32.2. The fourth-order valence-corrected chi connectivity index (χ4v) is 1.95.